The van der Waals surface area contributed by atoms with Gasteiger partial charge in [-0.25, -0.2) is 4.98 Å². The summed E-state index contributed by atoms with van der Waals surface area (Å²) in [5.74, 6) is 2.23. The molecule has 2 aliphatic heterocycles. The number of fused-ring (bicyclic) bond motifs is 1. The number of pyridine rings is 1. The van der Waals surface area contributed by atoms with Crippen LogP contribution in [0.2, 0.25) is 0 Å². The second-order valence-corrected chi connectivity index (χ2v) is 4.97. The highest BCUT2D eigenvalue weighted by Crippen LogP contribution is 2.32. The van der Waals surface area contributed by atoms with Gasteiger partial charge in [-0.1, -0.05) is 5.11 Å². The minimum Gasteiger partial charge on any atom is -0.485 e. The molecule has 2 atom stereocenters. The highest BCUT2D eigenvalue weighted by atomic mass is 16.5. The third-order valence-electron chi connectivity index (χ3n) is 3.42. The van der Waals surface area contributed by atoms with Gasteiger partial charge in [-0.2, -0.15) is 0 Å². The second-order valence-electron chi connectivity index (χ2n) is 4.97. The SMILES string of the molecule is C=C1OC(CCN=[N+]=[N-])CN1c1ccc2c(n1)NC(O)CO2. The highest BCUT2D eigenvalue weighted by molar-refractivity contribution is 5.59. The zero-order valence-electron chi connectivity index (χ0n) is 11.8. The van der Waals surface area contributed by atoms with Crippen LogP contribution in [0.4, 0.5) is 11.6 Å². The van der Waals surface area contributed by atoms with E-state index in [1.54, 1.807) is 6.07 Å². The highest BCUT2D eigenvalue weighted by Gasteiger charge is 2.29. The molecule has 0 radical (unpaired) electrons. The Balaban J connectivity index is 1.72. The average molecular weight is 304 g/mol. The van der Waals surface area contributed by atoms with E-state index < -0.39 is 6.23 Å². The molecule has 0 aromatic carbocycles. The Morgan fingerprint density at radius 2 is 2.45 bits per heavy atom. The molecule has 1 fully saturated rings. The summed E-state index contributed by atoms with van der Waals surface area (Å²) in [6, 6.07) is 3.60. The van der Waals surface area contributed by atoms with Crippen LogP contribution >= 0.6 is 0 Å². The lowest BCUT2D eigenvalue weighted by Crippen LogP contribution is -2.32. The van der Waals surface area contributed by atoms with Gasteiger partial charge >= 0.3 is 0 Å². The molecule has 0 saturated carbocycles. The fourth-order valence-electron chi connectivity index (χ4n) is 2.39. The first-order valence-electron chi connectivity index (χ1n) is 6.90. The number of hydrogen-bond acceptors (Lipinski definition) is 7. The lowest BCUT2D eigenvalue weighted by molar-refractivity contribution is 0.118. The Morgan fingerprint density at radius 3 is 3.27 bits per heavy atom. The quantitative estimate of drug-likeness (QED) is 0.495. The molecule has 1 aromatic rings. The molecule has 3 rings (SSSR count). The minimum absolute atomic E-state index is 0.0920. The van der Waals surface area contributed by atoms with Crippen LogP contribution in [-0.2, 0) is 4.74 Å². The van der Waals surface area contributed by atoms with Crippen molar-refractivity contribution in [2.75, 3.05) is 29.9 Å². The summed E-state index contributed by atoms with van der Waals surface area (Å²) in [5, 5.41) is 15.9. The van der Waals surface area contributed by atoms with Gasteiger partial charge in [-0.15, -0.1) is 0 Å². The van der Waals surface area contributed by atoms with E-state index in [2.05, 4.69) is 26.9 Å². The van der Waals surface area contributed by atoms with E-state index in [1.165, 1.54) is 0 Å². The first kappa shape index (κ1) is 14.3. The molecule has 2 aliphatic rings. The predicted molar refractivity (Wildman–Crippen MR) is 79.4 cm³/mol. The van der Waals surface area contributed by atoms with Crippen molar-refractivity contribution in [3.05, 3.63) is 35.0 Å². The van der Waals surface area contributed by atoms with E-state index in [0.717, 1.165) is 0 Å². The molecule has 0 spiro atoms. The van der Waals surface area contributed by atoms with Crippen molar-refractivity contribution in [1.82, 2.24) is 4.98 Å². The molecule has 1 saturated heterocycles. The van der Waals surface area contributed by atoms with Crippen LogP contribution in [-0.4, -0.2) is 42.1 Å². The summed E-state index contributed by atoms with van der Waals surface area (Å²) in [7, 11) is 0. The molecule has 9 heteroatoms. The zero-order chi connectivity index (χ0) is 15.5. The Bertz CT molecular complexity index is 630. The Hall–Kier alpha value is -2.64. The third kappa shape index (κ3) is 2.85. The Kier molecular flexibility index (Phi) is 3.90. The number of ether oxygens (including phenoxy) is 2. The number of nitrogens with zero attached hydrogens (tertiary/aromatic N) is 5. The monoisotopic (exact) mass is 304 g/mol. The van der Waals surface area contributed by atoms with Crippen LogP contribution in [0.25, 0.3) is 10.4 Å². The van der Waals surface area contributed by atoms with Crippen LogP contribution in [0, 0.1) is 0 Å². The Morgan fingerprint density at radius 1 is 1.59 bits per heavy atom. The molecule has 2 N–H and O–H groups in total. The number of hydrogen-bond donors (Lipinski definition) is 2. The van der Waals surface area contributed by atoms with Crippen LogP contribution in [0.1, 0.15) is 6.42 Å². The van der Waals surface area contributed by atoms with Gasteiger partial charge in [0, 0.05) is 11.5 Å². The number of aromatic nitrogens is 1. The number of anilines is 2. The zero-order valence-corrected chi connectivity index (χ0v) is 11.8. The maximum Gasteiger partial charge on any atom is 0.187 e. The van der Waals surface area contributed by atoms with Gasteiger partial charge in [0.15, 0.2) is 23.7 Å². The van der Waals surface area contributed by atoms with E-state index in [-0.39, 0.29) is 12.7 Å². The average Bonchev–Trinajstić information content (AvgIpc) is 2.87. The van der Waals surface area contributed by atoms with E-state index in [0.29, 0.717) is 42.8 Å². The summed E-state index contributed by atoms with van der Waals surface area (Å²) in [4.78, 5) is 8.99. The Labute approximate surface area is 126 Å². The van der Waals surface area contributed by atoms with Gasteiger partial charge in [-0.3, -0.25) is 4.90 Å². The van der Waals surface area contributed by atoms with Crippen LogP contribution in [0.5, 0.6) is 5.75 Å². The van der Waals surface area contributed by atoms with Crippen molar-refractivity contribution in [3.63, 3.8) is 0 Å². The molecular weight excluding hydrogens is 288 g/mol. The fraction of sp³-hybridized carbons (Fsp3) is 0.462. The van der Waals surface area contributed by atoms with Crippen molar-refractivity contribution in [2.24, 2.45) is 5.11 Å². The molecule has 3 heterocycles. The number of nitrogens with one attached hydrogen (secondary N) is 1. The number of aliphatic hydroxyl groups is 1. The number of aliphatic hydroxyl groups excluding tert-OH is 1. The van der Waals surface area contributed by atoms with E-state index in [9.17, 15) is 5.11 Å². The predicted octanol–water partition coefficient (Wildman–Crippen LogP) is 1.58. The van der Waals surface area contributed by atoms with Gasteiger partial charge in [0.2, 0.25) is 0 Å². The second kappa shape index (κ2) is 6.00. The normalized spacial score (nSPS) is 23.0. The summed E-state index contributed by atoms with van der Waals surface area (Å²) < 4.78 is 11.0. The summed E-state index contributed by atoms with van der Waals surface area (Å²) >= 11 is 0. The van der Waals surface area contributed by atoms with Crippen LogP contribution in [0.15, 0.2) is 29.7 Å². The lowest BCUT2D eigenvalue weighted by Gasteiger charge is -2.24. The van der Waals surface area contributed by atoms with Gasteiger partial charge in [0.1, 0.15) is 18.5 Å². The van der Waals surface area contributed by atoms with Crippen LogP contribution < -0.4 is 15.0 Å². The minimum atomic E-state index is -0.773. The van der Waals surface area contributed by atoms with Crippen molar-refractivity contribution in [1.29, 1.82) is 0 Å². The van der Waals surface area contributed by atoms with Crippen molar-refractivity contribution in [3.8, 4) is 5.75 Å². The lowest BCUT2D eigenvalue weighted by atomic mass is 10.2. The van der Waals surface area contributed by atoms with E-state index in [4.69, 9.17) is 15.0 Å². The van der Waals surface area contributed by atoms with Crippen molar-refractivity contribution >= 4 is 11.6 Å². The maximum absolute atomic E-state index is 9.56. The topological polar surface area (TPSA) is 116 Å². The molecule has 0 aliphatic carbocycles. The number of azide groups is 1. The smallest absolute Gasteiger partial charge is 0.187 e. The molecule has 1 aromatic heterocycles. The van der Waals surface area contributed by atoms with Gasteiger partial charge in [-0.05, 0) is 30.7 Å². The largest absolute Gasteiger partial charge is 0.485 e. The van der Waals surface area contributed by atoms with E-state index in [1.807, 2.05) is 11.0 Å². The van der Waals surface area contributed by atoms with Crippen molar-refractivity contribution in [2.45, 2.75) is 18.8 Å². The molecule has 9 nitrogen and oxygen atoms in total. The molecule has 0 bridgehead atoms. The van der Waals surface area contributed by atoms with Crippen molar-refractivity contribution < 1.29 is 14.6 Å². The maximum atomic E-state index is 9.56. The van der Waals surface area contributed by atoms with E-state index >= 15 is 0 Å². The molecule has 116 valence electrons. The first-order chi connectivity index (χ1) is 10.7. The summed E-state index contributed by atoms with van der Waals surface area (Å²) in [6.07, 6.45) is -0.250. The molecule has 0 amide bonds. The van der Waals surface area contributed by atoms with Crippen LogP contribution in [0.3, 0.4) is 0 Å². The molecular formula is C13H16N6O3. The van der Waals surface area contributed by atoms with Gasteiger partial charge < -0.3 is 19.9 Å². The number of rotatable bonds is 4. The molecule has 22 heavy (non-hydrogen) atoms. The fourth-order valence-corrected chi connectivity index (χ4v) is 2.39. The summed E-state index contributed by atoms with van der Waals surface area (Å²) in [6.45, 7) is 5.02. The summed E-state index contributed by atoms with van der Waals surface area (Å²) in [5.41, 5.74) is 8.30. The first-order valence-corrected chi connectivity index (χ1v) is 6.90. The third-order valence-corrected chi connectivity index (χ3v) is 3.42. The van der Waals surface area contributed by atoms with Gasteiger partial charge in [0.25, 0.3) is 0 Å². The molecule has 2 unspecified atom stereocenters. The standard InChI is InChI=1S/C13H16N6O3/c1-8-19(6-9(22-8)4-5-15-18-14)11-3-2-10-13(16-11)17-12(20)7-21-10/h2-3,9,12,20H,1,4-7H2,(H,16,17). The van der Waals surface area contributed by atoms with Gasteiger partial charge in [0.05, 0.1) is 6.54 Å².